The van der Waals surface area contributed by atoms with E-state index in [0.29, 0.717) is 41.2 Å². The molecule has 1 N–H and O–H groups in total. The number of methoxy groups -OCH3 is 2. The summed E-state index contributed by atoms with van der Waals surface area (Å²) in [7, 11) is 4.93. The average Bonchev–Trinajstić information content (AvgIpc) is 2.96. The van der Waals surface area contributed by atoms with E-state index in [4.69, 9.17) is 9.47 Å². The molecule has 1 aliphatic rings. The predicted molar refractivity (Wildman–Crippen MR) is 98.4 cm³/mol. The van der Waals surface area contributed by atoms with Crippen molar-refractivity contribution in [2.24, 2.45) is 7.05 Å². The molecule has 0 unspecified atom stereocenters. The third-order valence-corrected chi connectivity index (χ3v) is 4.15. The Morgan fingerprint density at radius 1 is 1.23 bits per heavy atom. The van der Waals surface area contributed by atoms with Gasteiger partial charge in [0.15, 0.2) is 28.8 Å². The topological polar surface area (TPSA) is 68.6 Å². The summed E-state index contributed by atoms with van der Waals surface area (Å²) in [5, 5.41) is 2.75. The summed E-state index contributed by atoms with van der Waals surface area (Å²) in [6.07, 6.45) is 0. The largest absolute Gasteiger partial charge is 0.493 e. The smallest absolute Gasteiger partial charge is 0.277 e. The maximum absolute atomic E-state index is 12.3. The van der Waals surface area contributed by atoms with Gasteiger partial charge in [0.1, 0.15) is 5.82 Å². The number of carbonyl (C=O) groups is 1. The first-order chi connectivity index (χ1) is 12.5. The van der Waals surface area contributed by atoms with Crippen LogP contribution in [0.3, 0.4) is 0 Å². The van der Waals surface area contributed by atoms with Gasteiger partial charge in [0, 0.05) is 19.2 Å². The van der Waals surface area contributed by atoms with Crippen LogP contribution in [0, 0.1) is 11.8 Å². The van der Waals surface area contributed by atoms with Crippen LogP contribution in [0.5, 0.6) is 11.5 Å². The maximum atomic E-state index is 12.3. The molecule has 3 rings (SSSR count). The van der Waals surface area contributed by atoms with Crippen LogP contribution in [0.4, 0.5) is 5.82 Å². The van der Waals surface area contributed by atoms with Crippen molar-refractivity contribution in [3.63, 3.8) is 0 Å². The highest BCUT2D eigenvalue weighted by Crippen LogP contribution is 2.28. The summed E-state index contributed by atoms with van der Waals surface area (Å²) in [6.45, 7) is 6.48. The lowest BCUT2D eigenvalue weighted by molar-refractivity contribution is 0.0952. The fourth-order valence-electron chi connectivity index (χ4n) is 2.81. The number of hydrogen-bond acceptors (Lipinski definition) is 5. The van der Waals surface area contributed by atoms with Gasteiger partial charge in [-0.3, -0.25) is 4.79 Å². The monoisotopic (exact) mass is 352 g/mol. The van der Waals surface area contributed by atoms with Crippen LogP contribution in [0.15, 0.2) is 30.6 Å². The fourth-order valence-corrected chi connectivity index (χ4v) is 2.81. The summed E-state index contributed by atoms with van der Waals surface area (Å²) in [5.41, 5.74) is 1.22. The minimum atomic E-state index is -0.233. The Balaban J connectivity index is 2.01. The first-order valence-corrected chi connectivity index (χ1v) is 8.08. The molecule has 1 amide bonds. The number of imidazole rings is 1. The van der Waals surface area contributed by atoms with Gasteiger partial charge in [0.25, 0.3) is 5.91 Å². The third-order valence-electron chi connectivity index (χ3n) is 4.15. The van der Waals surface area contributed by atoms with E-state index in [-0.39, 0.29) is 5.91 Å². The summed E-state index contributed by atoms with van der Waals surface area (Å²) >= 11 is 0. The van der Waals surface area contributed by atoms with Crippen LogP contribution in [0.25, 0.3) is 0 Å². The molecule has 26 heavy (non-hydrogen) atoms. The number of nitrogens with zero attached hydrogens (tertiary/aromatic N) is 3. The second-order valence-corrected chi connectivity index (χ2v) is 5.63. The predicted octanol–water partition coefficient (Wildman–Crippen LogP) is 1.88. The molecule has 7 nitrogen and oxygen atoms in total. The summed E-state index contributed by atoms with van der Waals surface area (Å²) in [6, 6.07) is 5.42. The molecular weight excluding hydrogens is 332 g/mol. The van der Waals surface area contributed by atoms with Crippen molar-refractivity contribution in [3.05, 3.63) is 47.7 Å². The lowest BCUT2D eigenvalue weighted by atomic mass is 10.2. The van der Waals surface area contributed by atoms with E-state index in [9.17, 15) is 4.79 Å². The minimum Gasteiger partial charge on any atom is -0.493 e. The Bertz CT molecular complexity index is 950. The Kier molecular flexibility index (Phi) is 4.59. The average molecular weight is 352 g/mol. The molecule has 0 saturated carbocycles. The van der Waals surface area contributed by atoms with Crippen molar-refractivity contribution in [1.29, 1.82) is 0 Å². The summed E-state index contributed by atoms with van der Waals surface area (Å²) in [5.74, 6) is 8.67. The number of benzene rings is 1. The van der Waals surface area contributed by atoms with Gasteiger partial charge in [-0.15, -0.1) is 0 Å². The molecule has 0 radical (unpaired) electrons. The van der Waals surface area contributed by atoms with E-state index < -0.39 is 0 Å². The van der Waals surface area contributed by atoms with E-state index in [1.165, 1.54) is 0 Å². The molecule has 0 bridgehead atoms. The molecule has 2 aromatic rings. The van der Waals surface area contributed by atoms with Crippen LogP contribution in [0.2, 0.25) is 0 Å². The first-order valence-electron chi connectivity index (χ1n) is 8.08. The van der Waals surface area contributed by atoms with Gasteiger partial charge in [0.05, 0.1) is 14.2 Å². The SMILES string of the molecule is C=C1NC(=O)c2c(nc(C#Cc3ccc(OC)c(OC)c3)n2C)N1CC. The number of anilines is 1. The molecule has 0 fully saturated rings. The highest BCUT2D eigenvalue weighted by Gasteiger charge is 2.30. The molecular formula is C19H20N4O3. The van der Waals surface area contributed by atoms with Gasteiger partial charge in [0.2, 0.25) is 0 Å². The zero-order chi connectivity index (χ0) is 18.8. The molecule has 1 aromatic carbocycles. The van der Waals surface area contributed by atoms with Crippen LogP contribution >= 0.6 is 0 Å². The van der Waals surface area contributed by atoms with Crippen molar-refractivity contribution in [2.45, 2.75) is 6.92 Å². The number of carbonyl (C=O) groups excluding carboxylic acids is 1. The fraction of sp³-hybridized carbons (Fsp3) is 0.263. The Labute approximate surface area is 152 Å². The van der Waals surface area contributed by atoms with Gasteiger partial charge < -0.3 is 24.3 Å². The Hall–Kier alpha value is -3.40. The first kappa shape index (κ1) is 17.4. The molecule has 2 heterocycles. The maximum Gasteiger partial charge on any atom is 0.277 e. The van der Waals surface area contributed by atoms with Gasteiger partial charge in [-0.25, -0.2) is 4.98 Å². The Morgan fingerprint density at radius 2 is 1.96 bits per heavy atom. The Morgan fingerprint density at radius 3 is 2.62 bits per heavy atom. The number of hydrogen-bond donors (Lipinski definition) is 1. The number of fused-ring (bicyclic) bond motifs is 1. The lowest BCUT2D eigenvalue weighted by Crippen LogP contribution is -2.41. The van der Waals surface area contributed by atoms with Gasteiger partial charge in [-0.05, 0) is 31.0 Å². The number of amides is 1. The number of aromatic nitrogens is 2. The summed E-state index contributed by atoms with van der Waals surface area (Å²) in [4.78, 5) is 18.7. The van der Waals surface area contributed by atoms with Gasteiger partial charge in [-0.1, -0.05) is 12.5 Å². The second kappa shape index (κ2) is 6.84. The highest BCUT2D eigenvalue weighted by molar-refractivity contribution is 6.01. The molecule has 134 valence electrons. The van der Waals surface area contributed by atoms with Crippen LogP contribution < -0.4 is 19.7 Å². The molecule has 0 aliphatic carbocycles. The molecule has 0 atom stereocenters. The molecule has 1 aromatic heterocycles. The van der Waals surface area contributed by atoms with Crippen LogP contribution in [-0.2, 0) is 7.05 Å². The van der Waals surface area contributed by atoms with Crippen molar-refractivity contribution in [1.82, 2.24) is 14.9 Å². The molecule has 7 heteroatoms. The van der Waals surface area contributed by atoms with Gasteiger partial charge in [-0.2, -0.15) is 0 Å². The van der Waals surface area contributed by atoms with Crippen molar-refractivity contribution in [3.8, 4) is 23.3 Å². The number of nitrogens with one attached hydrogen (secondary N) is 1. The van der Waals surface area contributed by atoms with Crippen molar-refractivity contribution < 1.29 is 14.3 Å². The van der Waals surface area contributed by atoms with Gasteiger partial charge >= 0.3 is 0 Å². The molecule has 0 spiro atoms. The normalized spacial score (nSPS) is 12.8. The standard InChI is InChI=1S/C19H20N4O3/c1-6-23-12(2)20-19(24)17-18(23)21-16(22(17)3)10-8-13-7-9-14(25-4)15(11-13)26-5/h7,9,11H,2,6H2,1,3-5H3,(H,20,24). The summed E-state index contributed by atoms with van der Waals surface area (Å²) < 4.78 is 12.2. The zero-order valence-corrected chi connectivity index (χ0v) is 15.2. The third kappa shape index (κ3) is 2.86. The lowest BCUT2D eigenvalue weighted by Gasteiger charge is -2.28. The van der Waals surface area contributed by atoms with E-state index >= 15 is 0 Å². The van der Waals surface area contributed by atoms with Crippen LogP contribution in [0.1, 0.15) is 28.8 Å². The van der Waals surface area contributed by atoms with Crippen LogP contribution in [-0.4, -0.2) is 36.2 Å². The van der Waals surface area contributed by atoms with E-state index in [0.717, 1.165) is 5.56 Å². The van der Waals surface area contributed by atoms with E-state index in [2.05, 4.69) is 28.7 Å². The zero-order valence-electron chi connectivity index (χ0n) is 15.2. The number of ether oxygens (including phenoxy) is 2. The van der Waals surface area contributed by atoms with E-state index in [1.54, 1.807) is 38.0 Å². The second-order valence-electron chi connectivity index (χ2n) is 5.63. The highest BCUT2D eigenvalue weighted by atomic mass is 16.5. The van der Waals surface area contributed by atoms with E-state index in [1.807, 2.05) is 17.9 Å². The molecule has 1 aliphatic heterocycles. The minimum absolute atomic E-state index is 0.233. The quantitative estimate of drug-likeness (QED) is 0.855. The van der Waals surface area contributed by atoms with Crippen molar-refractivity contribution >= 4 is 11.7 Å². The molecule has 0 saturated heterocycles. The number of rotatable bonds is 3. The van der Waals surface area contributed by atoms with Crippen molar-refractivity contribution in [2.75, 3.05) is 25.7 Å².